The molecule has 0 bridgehead atoms. The average Bonchev–Trinajstić information content (AvgIpc) is 2.66. The summed E-state index contributed by atoms with van der Waals surface area (Å²) < 4.78 is 6.75. The highest BCUT2D eigenvalue weighted by molar-refractivity contribution is 5.92. The number of carbonyl (C=O) groups is 1. The third kappa shape index (κ3) is 4.16. The van der Waals surface area contributed by atoms with Crippen molar-refractivity contribution in [3.8, 4) is 17.0 Å². The zero-order chi connectivity index (χ0) is 18.4. The van der Waals surface area contributed by atoms with Crippen LogP contribution in [-0.2, 0) is 11.3 Å². The van der Waals surface area contributed by atoms with E-state index >= 15 is 0 Å². The van der Waals surface area contributed by atoms with Gasteiger partial charge in [0, 0.05) is 11.6 Å². The Labute approximate surface area is 151 Å². The molecule has 0 spiro atoms. The van der Waals surface area contributed by atoms with E-state index in [1.807, 2.05) is 43.3 Å². The van der Waals surface area contributed by atoms with Crippen LogP contribution < -0.4 is 15.6 Å². The molecule has 132 valence electrons. The first kappa shape index (κ1) is 17.4. The van der Waals surface area contributed by atoms with Gasteiger partial charge in [0.05, 0.1) is 24.3 Å². The summed E-state index contributed by atoms with van der Waals surface area (Å²) in [6.45, 7) is 2.25. The minimum Gasteiger partial charge on any atom is -0.492 e. The number of anilines is 1. The second-order valence-electron chi connectivity index (χ2n) is 5.58. The SMILES string of the molecule is CCOc1ccccc1NC(=O)Cn1cnc(-c2ccccc2)cc1=O. The fourth-order valence-electron chi connectivity index (χ4n) is 2.51. The van der Waals surface area contributed by atoms with Crippen LogP contribution >= 0.6 is 0 Å². The van der Waals surface area contributed by atoms with Crippen LogP contribution in [0.4, 0.5) is 5.69 Å². The van der Waals surface area contributed by atoms with E-state index in [-0.39, 0.29) is 18.0 Å². The zero-order valence-electron chi connectivity index (χ0n) is 14.4. The number of benzene rings is 2. The lowest BCUT2D eigenvalue weighted by atomic mass is 10.1. The van der Waals surface area contributed by atoms with Crippen LogP contribution in [0.1, 0.15) is 6.92 Å². The first-order valence-corrected chi connectivity index (χ1v) is 8.31. The molecular weight excluding hydrogens is 330 g/mol. The summed E-state index contributed by atoms with van der Waals surface area (Å²) in [4.78, 5) is 28.9. The quantitative estimate of drug-likeness (QED) is 0.742. The van der Waals surface area contributed by atoms with Crippen LogP contribution in [0, 0.1) is 0 Å². The van der Waals surface area contributed by atoms with Gasteiger partial charge in [-0.15, -0.1) is 0 Å². The molecule has 3 rings (SSSR count). The van der Waals surface area contributed by atoms with Gasteiger partial charge in [-0.05, 0) is 19.1 Å². The van der Waals surface area contributed by atoms with E-state index in [1.54, 1.807) is 18.2 Å². The number of ether oxygens (including phenoxy) is 1. The summed E-state index contributed by atoms with van der Waals surface area (Å²) >= 11 is 0. The van der Waals surface area contributed by atoms with Gasteiger partial charge >= 0.3 is 0 Å². The molecule has 0 aliphatic rings. The third-order valence-corrected chi connectivity index (χ3v) is 3.72. The summed E-state index contributed by atoms with van der Waals surface area (Å²) in [5.74, 6) is 0.266. The van der Waals surface area contributed by atoms with Gasteiger partial charge in [0.25, 0.3) is 5.56 Å². The van der Waals surface area contributed by atoms with Crippen LogP contribution in [-0.4, -0.2) is 22.1 Å². The highest BCUT2D eigenvalue weighted by Gasteiger charge is 2.10. The van der Waals surface area contributed by atoms with Gasteiger partial charge in [-0.2, -0.15) is 0 Å². The van der Waals surface area contributed by atoms with Crippen molar-refractivity contribution >= 4 is 11.6 Å². The van der Waals surface area contributed by atoms with E-state index in [0.717, 1.165) is 5.56 Å². The number of hydrogen-bond acceptors (Lipinski definition) is 4. The number of para-hydroxylation sites is 2. The van der Waals surface area contributed by atoms with Gasteiger partial charge in [0.15, 0.2) is 0 Å². The van der Waals surface area contributed by atoms with Crippen LogP contribution in [0.15, 0.2) is 71.8 Å². The second-order valence-corrected chi connectivity index (χ2v) is 5.58. The number of carbonyl (C=O) groups excluding carboxylic acids is 1. The van der Waals surface area contributed by atoms with Crippen molar-refractivity contribution in [3.05, 3.63) is 77.3 Å². The molecule has 1 heterocycles. The van der Waals surface area contributed by atoms with Gasteiger partial charge in [-0.3, -0.25) is 14.2 Å². The lowest BCUT2D eigenvalue weighted by molar-refractivity contribution is -0.116. The normalized spacial score (nSPS) is 10.3. The number of amides is 1. The Kier molecular flexibility index (Phi) is 5.43. The maximum atomic E-state index is 12.3. The van der Waals surface area contributed by atoms with Gasteiger partial charge in [-0.25, -0.2) is 4.98 Å². The molecule has 3 aromatic rings. The van der Waals surface area contributed by atoms with E-state index in [2.05, 4.69) is 10.3 Å². The van der Waals surface area contributed by atoms with Crippen molar-refractivity contribution in [3.63, 3.8) is 0 Å². The van der Waals surface area contributed by atoms with Crippen LogP contribution in [0.2, 0.25) is 0 Å². The van der Waals surface area contributed by atoms with E-state index in [9.17, 15) is 9.59 Å². The fourth-order valence-corrected chi connectivity index (χ4v) is 2.51. The number of aromatic nitrogens is 2. The summed E-state index contributed by atoms with van der Waals surface area (Å²) in [5, 5.41) is 2.77. The Balaban J connectivity index is 1.73. The zero-order valence-corrected chi connectivity index (χ0v) is 14.4. The van der Waals surface area contributed by atoms with Crippen LogP contribution in [0.5, 0.6) is 5.75 Å². The molecule has 0 saturated heterocycles. The molecule has 0 unspecified atom stereocenters. The number of hydrogen-bond donors (Lipinski definition) is 1. The maximum Gasteiger partial charge on any atom is 0.254 e. The van der Waals surface area contributed by atoms with Gasteiger partial charge in [0.2, 0.25) is 5.91 Å². The molecule has 0 atom stereocenters. The molecule has 0 aliphatic heterocycles. The molecule has 0 aliphatic carbocycles. The number of nitrogens with one attached hydrogen (secondary N) is 1. The first-order chi connectivity index (χ1) is 12.7. The largest absolute Gasteiger partial charge is 0.492 e. The third-order valence-electron chi connectivity index (χ3n) is 3.72. The lowest BCUT2D eigenvalue weighted by Gasteiger charge is -2.12. The van der Waals surface area contributed by atoms with Gasteiger partial charge in [0.1, 0.15) is 12.3 Å². The molecule has 1 amide bonds. The summed E-state index contributed by atoms with van der Waals surface area (Å²) in [5.41, 5.74) is 1.72. The molecule has 1 aromatic heterocycles. The minimum atomic E-state index is -0.325. The smallest absolute Gasteiger partial charge is 0.254 e. The second kappa shape index (κ2) is 8.11. The minimum absolute atomic E-state index is 0.124. The standard InChI is InChI=1S/C20H19N3O3/c1-2-26-18-11-7-6-10-16(18)22-19(24)13-23-14-21-17(12-20(23)25)15-8-4-3-5-9-15/h3-12,14H,2,13H2,1H3,(H,22,24). The van der Waals surface area contributed by atoms with E-state index < -0.39 is 0 Å². The van der Waals surface area contributed by atoms with Crippen molar-refractivity contribution in [2.24, 2.45) is 0 Å². The van der Waals surface area contributed by atoms with Crippen molar-refractivity contribution in [2.45, 2.75) is 13.5 Å². The number of rotatable bonds is 6. The highest BCUT2D eigenvalue weighted by Crippen LogP contribution is 2.23. The van der Waals surface area contributed by atoms with Crippen LogP contribution in [0.3, 0.4) is 0 Å². The predicted molar refractivity (Wildman–Crippen MR) is 100 cm³/mol. The topological polar surface area (TPSA) is 73.2 Å². The van der Waals surface area contributed by atoms with E-state index in [1.165, 1.54) is 17.0 Å². The molecule has 6 nitrogen and oxygen atoms in total. The molecule has 26 heavy (non-hydrogen) atoms. The first-order valence-electron chi connectivity index (χ1n) is 8.31. The Morgan fingerprint density at radius 1 is 1.12 bits per heavy atom. The monoisotopic (exact) mass is 349 g/mol. The average molecular weight is 349 g/mol. The lowest BCUT2D eigenvalue weighted by Crippen LogP contribution is -2.27. The molecule has 0 fully saturated rings. The maximum absolute atomic E-state index is 12.3. The van der Waals surface area contributed by atoms with Crippen molar-refractivity contribution < 1.29 is 9.53 Å². The molecule has 6 heteroatoms. The van der Waals surface area contributed by atoms with E-state index in [0.29, 0.717) is 23.7 Å². The Bertz CT molecular complexity index is 952. The predicted octanol–water partition coefficient (Wildman–Crippen LogP) is 2.95. The Hall–Kier alpha value is -3.41. The Morgan fingerprint density at radius 3 is 2.58 bits per heavy atom. The van der Waals surface area contributed by atoms with Crippen molar-refractivity contribution in [1.82, 2.24) is 9.55 Å². The molecule has 0 radical (unpaired) electrons. The number of nitrogens with zero attached hydrogens (tertiary/aromatic N) is 2. The van der Waals surface area contributed by atoms with Crippen molar-refractivity contribution in [2.75, 3.05) is 11.9 Å². The fraction of sp³-hybridized carbons (Fsp3) is 0.150. The molecular formula is C20H19N3O3. The highest BCUT2D eigenvalue weighted by atomic mass is 16.5. The summed E-state index contributed by atoms with van der Waals surface area (Å²) in [6, 6.07) is 18.0. The van der Waals surface area contributed by atoms with Gasteiger partial charge in [-0.1, -0.05) is 42.5 Å². The van der Waals surface area contributed by atoms with E-state index in [4.69, 9.17) is 4.74 Å². The van der Waals surface area contributed by atoms with Crippen LogP contribution in [0.25, 0.3) is 11.3 Å². The molecule has 0 saturated carbocycles. The van der Waals surface area contributed by atoms with Crippen molar-refractivity contribution in [1.29, 1.82) is 0 Å². The molecule has 1 N–H and O–H groups in total. The molecule has 2 aromatic carbocycles. The Morgan fingerprint density at radius 2 is 1.85 bits per heavy atom. The summed E-state index contributed by atoms with van der Waals surface area (Å²) in [7, 11) is 0. The van der Waals surface area contributed by atoms with Gasteiger partial charge < -0.3 is 10.1 Å². The summed E-state index contributed by atoms with van der Waals surface area (Å²) in [6.07, 6.45) is 1.39.